The van der Waals surface area contributed by atoms with Gasteiger partial charge in [-0.05, 0) is 36.4 Å². The molecule has 0 atom stereocenters. The summed E-state index contributed by atoms with van der Waals surface area (Å²) in [6.07, 6.45) is 0. The van der Waals surface area contributed by atoms with Crippen LogP contribution in [0.5, 0.6) is 5.75 Å². The maximum absolute atomic E-state index is 13.1. The fourth-order valence-electron chi connectivity index (χ4n) is 1.56. The first-order valence-corrected chi connectivity index (χ1v) is 7.12. The lowest BCUT2D eigenvalue weighted by Gasteiger charge is -2.08. The second kappa shape index (κ2) is 5.41. The summed E-state index contributed by atoms with van der Waals surface area (Å²) >= 11 is 0. The number of phenolic OH excluding ortho intramolecular Hbond substituents is 1. The highest BCUT2D eigenvalue weighted by molar-refractivity contribution is 7.92. The molecular formula is C13H10FNO5S. The fourth-order valence-corrected chi connectivity index (χ4v) is 2.61. The first kappa shape index (κ1) is 14.8. The van der Waals surface area contributed by atoms with E-state index in [4.69, 9.17) is 10.2 Å². The van der Waals surface area contributed by atoms with Gasteiger partial charge in [0.05, 0.1) is 16.1 Å². The molecule has 0 amide bonds. The van der Waals surface area contributed by atoms with Crippen molar-refractivity contribution in [3.05, 3.63) is 53.8 Å². The minimum absolute atomic E-state index is 0.0513. The van der Waals surface area contributed by atoms with Gasteiger partial charge in [0.2, 0.25) is 0 Å². The normalized spacial score (nSPS) is 11.1. The van der Waals surface area contributed by atoms with Gasteiger partial charge in [-0.3, -0.25) is 4.72 Å². The quantitative estimate of drug-likeness (QED) is 0.750. The molecule has 110 valence electrons. The molecule has 0 fully saturated rings. The van der Waals surface area contributed by atoms with Crippen LogP contribution in [0.4, 0.5) is 10.1 Å². The smallest absolute Gasteiger partial charge is 0.335 e. The van der Waals surface area contributed by atoms with Crippen LogP contribution in [0.3, 0.4) is 0 Å². The van der Waals surface area contributed by atoms with Crippen LogP contribution in [0.25, 0.3) is 0 Å². The summed E-state index contributed by atoms with van der Waals surface area (Å²) in [4.78, 5) is 10.5. The van der Waals surface area contributed by atoms with E-state index in [0.29, 0.717) is 0 Å². The van der Waals surface area contributed by atoms with Crippen LogP contribution >= 0.6 is 0 Å². The third-order valence-corrected chi connectivity index (χ3v) is 4.01. The number of phenols is 1. The second-order valence-electron chi connectivity index (χ2n) is 4.10. The molecule has 6 nitrogen and oxygen atoms in total. The lowest BCUT2D eigenvalue weighted by atomic mass is 10.2. The van der Waals surface area contributed by atoms with Crippen molar-refractivity contribution in [3.63, 3.8) is 0 Å². The van der Waals surface area contributed by atoms with Crippen molar-refractivity contribution in [3.8, 4) is 5.75 Å². The number of benzene rings is 2. The number of carbonyl (C=O) groups is 1. The maximum Gasteiger partial charge on any atom is 0.335 e. The molecule has 0 aliphatic rings. The summed E-state index contributed by atoms with van der Waals surface area (Å²) in [6, 6.07) is 7.59. The summed E-state index contributed by atoms with van der Waals surface area (Å²) < 4.78 is 39.3. The Kier molecular flexibility index (Phi) is 3.81. The van der Waals surface area contributed by atoms with E-state index in [2.05, 4.69) is 4.72 Å². The Hall–Kier alpha value is -2.61. The lowest BCUT2D eigenvalue weighted by molar-refractivity contribution is 0.0696. The van der Waals surface area contributed by atoms with Crippen LogP contribution in [0, 0.1) is 5.82 Å². The zero-order valence-corrected chi connectivity index (χ0v) is 11.3. The zero-order valence-electron chi connectivity index (χ0n) is 10.4. The molecule has 8 heteroatoms. The number of carboxylic acids is 1. The summed E-state index contributed by atoms with van der Waals surface area (Å²) in [6.45, 7) is 0. The molecule has 0 aliphatic heterocycles. The zero-order chi connectivity index (χ0) is 15.6. The number of halogens is 1. The number of hydrogen-bond donors (Lipinski definition) is 3. The van der Waals surface area contributed by atoms with Gasteiger partial charge in [0.1, 0.15) is 0 Å². The van der Waals surface area contributed by atoms with E-state index >= 15 is 0 Å². The number of anilines is 1. The highest BCUT2D eigenvalue weighted by atomic mass is 32.2. The van der Waals surface area contributed by atoms with E-state index in [-0.39, 0.29) is 16.1 Å². The molecular weight excluding hydrogens is 301 g/mol. The van der Waals surface area contributed by atoms with Crippen LogP contribution in [-0.4, -0.2) is 24.6 Å². The Balaban J connectivity index is 2.29. The first-order chi connectivity index (χ1) is 9.79. The number of rotatable bonds is 4. The fraction of sp³-hybridized carbons (Fsp3) is 0. The van der Waals surface area contributed by atoms with Crippen molar-refractivity contribution >= 4 is 21.7 Å². The third-order valence-electron chi connectivity index (χ3n) is 2.61. The van der Waals surface area contributed by atoms with E-state index in [1.165, 1.54) is 6.07 Å². The number of aromatic carboxylic acids is 1. The van der Waals surface area contributed by atoms with Crippen LogP contribution < -0.4 is 4.72 Å². The van der Waals surface area contributed by atoms with Crippen LogP contribution in [0.15, 0.2) is 47.4 Å². The van der Waals surface area contributed by atoms with Gasteiger partial charge in [0.15, 0.2) is 11.6 Å². The molecule has 0 bridgehead atoms. The van der Waals surface area contributed by atoms with Gasteiger partial charge in [0, 0.05) is 6.07 Å². The van der Waals surface area contributed by atoms with Crippen molar-refractivity contribution in [1.82, 2.24) is 0 Å². The van der Waals surface area contributed by atoms with Gasteiger partial charge in [-0.25, -0.2) is 17.6 Å². The van der Waals surface area contributed by atoms with E-state index in [1.54, 1.807) is 0 Å². The number of nitrogens with one attached hydrogen (secondary N) is 1. The molecule has 0 saturated heterocycles. The molecule has 2 aromatic rings. The Morgan fingerprint density at radius 1 is 1.10 bits per heavy atom. The molecule has 0 aliphatic carbocycles. The van der Waals surface area contributed by atoms with Gasteiger partial charge in [-0.1, -0.05) is 0 Å². The Morgan fingerprint density at radius 2 is 1.71 bits per heavy atom. The van der Waals surface area contributed by atoms with E-state index in [1.807, 2.05) is 0 Å². The Bertz CT molecular complexity index is 787. The number of sulfonamides is 1. The third kappa shape index (κ3) is 3.29. The van der Waals surface area contributed by atoms with Crippen LogP contribution in [0.2, 0.25) is 0 Å². The monoisotopic (exact) mass is 311 g/mol. The largest absolute Gasteiger partial charge is 0.505 e. The highest BCUT2D eigenvalue weighted by Gasteiger charge is 2.15. The highest BCUT2D eigenvalue weighted by Crippen LogP contribution is 2.22. The van der Waals surface area contributed by atoms with E-state index in [0.717, 1.165) is 36.4 Å². The van der Waals surface area contributed by atoms with Gasteiger partial charge in [0.25, 0.3) is 10.0 Å². The number of hydrogen-bond acceptors (Lipinski definition) is 4. The summed E-state index contributed by atoms with van der Waals surface area (Å²) in [5.41, 5.74) is -0.114. The van der Waals surface area contributed by atoms with Crippen molar-refractivity contribution in [2.75, 3.05) is 4.72 Å². The Labute approximate surface area is 119 Å². The number of carboxylic acid groups (broad SMARTS) is 1. The minimum atomic E-state index is -3.98. The van der Waals surface area contributed by atoms with Gasteiger partial charge >= 0.3 is 5.97 Å². The minimum Gasteiger partial charge on any atom is -0.505 e. The maximum atomic E-state index is 13.1. The molecule has 0 unspecified atom stereocenters. The molecule has 21 heavy (non-hydrogen) atoms. The lowest BCUT2D eigenvalue weighted by Crippen LogP contribution is -2.13. The first-order valence-electron chi connectivity index (χ1n) is 5.64. The summed E-state index contributed by atoms with van der Waals surface area (Å²) in [5.74, 6) is -2.73. The van der Waals surface area contributed by atoms with Crippen molar-refractivity contribution in [2.45, 2.75) is 4.90 Å². The summed E-state index contributed by atoms with van der Waals surface area (Å²) in [7, 11) is -3.98. The molecule has 2 aromatic carbocycles. The van der Waals surface area contributed by atoms with Crippen molar-refractivity contribution in [1.29, 1.82) is 0 Å². The average molecular weight is 311 g/mol. The van der Waals surface area contributed by atoms with Gasteiger partial charge in [-0.2, -0.15) is 0 Å². The van der Waals surface area contributed by atoms with E-state index in [9.17, 15) is 17.6 Å². The standard InChI is InChI=1S/C13H10FNO5S/c14-11-7-9(3-6-12(11)16)15-21(19,20)10-4-1-8(2-5-10)13(17)18/h1-7,15-16H,(H,17,18). The van der Waals surface area contributed by atoms with Crippen molar-refractivity contribution < 1.29 is 27.8 Å². The molecule has 0 spiro atoms. The number of aromatic hydroxyl groups is 1. The summed E-state index contributed by atoms with van der Waals surface area (Å²) in [5, 5.41) is 17.8. The second-order valence-corrected chi connectivity index (χ2v) is 5.78. The predicted octanol–water partition coefficient (Wildman–Crippen LogP) is 2.03. The predicted molar refractivity (Wildman–Crippen MR) is 72.3 cm³/mol. The average Bonchev–Trinajstić information content (AvgIpc) is 2.43. The Morgan fingerprint density at radius 3 is 2.24 bits per heavy atom. The molecule has 0 saturated carbocycles. The van der Waals surface area contributed by atoms with E-state index < -0.39 is 27.6 Å². The molecule has 0 radical (unpaired) electrons. The molecule has 0 aromatic heterocycles. The molecule has 2 rings (SSSR count). The van der Waals surface area contributed by atoms with Gasteiger partial charge in [-0.15, -0.1) is 0 Å². The molecule has 3 N–H and O–H groups in total. The van der Waals surface area contributed by atoms with Crippen LogP contribution in [-0.2, 0) is 10.0 Å². The topological polar surface area (TPSA) is 104 Å². The van der Waals surface area contributed by atoms with Gasteiger partial charge < -0.3 is 10.2 Å². The van der Waals surface area contributed by atoms with Crippen LogP contribution in [0.1, 0.15) is 10.4 Å². The SMILES string of the molecule is O=C(O)c1ccc(S(=O)(=O)Nc2ccc(O)c(F)c2)cc1. The van der Waals surface area contributed by atoms with Crippen molar-refractivity contribution in [2.24, 2.45) is 0 Å². The molecule has 0 heterocycles.